The van der Waals surface area contributed by atoms with E-state index in [9.17, 15) is 4.79 Å². The van der Waals surface area contributed by atoms with E-state index in [1.165, 1.54) is 0 Å². The van der Waals surface area contributed by atoms with Crippen LogP contribution in [0.15, 0.2) is 24.3 Å². The minimum atomic E-state index is -0.418. The third kappa shape index (κ3) is 3.75. The van der Waals surface area contributed by atoms with Crippen LogP contribution in [0.1, 0.15) is 12.7 Å². The summed E-state index contributed by atoms with van der Waals surface area (Å²) >= 11 is 0. The number of nitrogens with one attached hydrogen (secondary N) is 2. The third-order valence-electron chi connectivity index (χ3n) is 3.90. The molecule has 0 spiro atoms. The highest BCUT2D eigenvalue weighted by molar-refractivity contribution is 5.94. The van der Waals surface area contributed by atoms with Gasteiger partial charge in [0.2, 0.25) is 0 Å². The van der Waals surface area contributed by atoms with Gasteiger partial charge >= 0.3 is 0 Å². The molecule has 0 bridgehead atoms. The van der Waals surface area contributed by atoms with Crippen molar-refractivity contribution in [1.82, 2.24) is 20.1 Å². The van der Waals surface area contributed by atoms with Crippen LogP contribution in [0.5, 0.6) is 0 Å². The van der Waals surface area contributed by atoms with E-state index in [0.29, 0.717) is 19.0 Å². The average Bonchev–Trinajstić information content (AvgIpc) is 3.02. The Morgan fingerprint density at radius 3 is 2.87 bits per heavy atom. The van der Waals surface area contributed by atoms with Crippen molar-refractivity contribution >= 4 is 11.6 Å². The molecule has 1 amide bonds. The fourth-order valence-corrected chi connectivity index (χ4v) is 2.55. The minimum absolute atomic E-state index is 0.107. The molecule has 2 aromatic rings. The number of aryl methyl sites for hydroxylation is 1. The molecule has 7 heteroatoms. The van der Waals surface area contributed by atoms with Gasteiger partial charge < -0.3 is 10.1 Å². The Morgan fingerprint density at radius 1 is 1.43 bits per heavy atom. The number of rotatable bonds is 4. The van der Waals surface area contributed by atoms with Gasteiger partial charge in [0, 0.05) is 24.3 Å². The monoisotopic (exact) mass is 315 g/mol. The molecule has 2 N–H and O–H groups in total. The molecule has 1 aliphatic heterocycles. The van der Waals surface area contributed by atoms with E-state index >= 15 is 0 Å². The van der Waals surface area contributed by atoms with Crippen LogP contribution in [0, 0.1) is 6.92 Å². The number of aromatic amines is 1. The number of likely N-dealkylation sites (N-methyl/N-ethyl adjacent to an activating group) is 1. The Labute approximate surface area is 135 Å². The highest BCUT2D eigenvalue weighted by Gasteiger charge is 2.25. The zero-order valence-electron chi connectivity index (χ0n) is 13.4. The van der Waals surface area contributed by atoms with Crippen molar-refractivity contribution < 1.29 is 9.53 Å². The maximum absolute atomic E-state index is 12.3. The lowest BCUT2D eigenvalue weighted by Crippen LogP contribution is -2.47. The predicted octanol–water partition coefficient (Wildman–Crippen LogP) is 1.44. The Kier molecular flexibility index (Phi) is 4.68. The topological polar surface area (TPSA) is 83.1 Å². The van der Waals surface area contributed by atoms with Crippen LogP contribution in [0.4, 0.5) is 5.69 Å². The summed E-state index contributed by atoms with van der Waals surface area (Å²) in [6, 6.07) is 7.47. The molecular formula is C16H21N5O2. The Bertz CT molecular complexity index is 667. The smallest absolute Gasteiger partial charge is 0.254 e. The summed E-state index contributed by atoms with van der Waals surface area (Å²) in [6.07, 6.45) is -0.418. The Balaban J connectivity index is 1.62. The van der Waals surface area contributed by atoms with E-state index in [0.717, 1.165) is 30.2 Å². The van der Waals surface area contributed by atoms with Crippen molar-refractivity contribution in [1.29, 1.82) is 0 Å². The molecule has 1 aromatic heterocycles. The average molecular weight is 315 g/mol. The van der Waals surface area contributed by atoms with Gasteiger partial charge in [-0.2, -0.15) is 5.10 Å². The fourth-order valence-electron chi connectivity index (χ4n) is 2.55. The van der Waals surface area contributed by atoms with Crippen molar-refractivity contribution in [2.24, 2.45) is 0 Å². The quantitative estimate of drug-likeness (QED) is 0.892. The largest absolute Gasteiger partial charge is 0.366 e. The summed E-state index contributed by atoms with van der Waals surface area (Å²) in [5.41, 5.74) is 1.64. The zero-order chi connectivity index (χ0) is 16.2. The lowest BCUT2D eigenvalue weighted by atomic mass is 10.2. The summed E-state index contributed by atoms with van der Waals surface area (Å²) in [5.74, 6) is 1.31. The number of carbonyl (C=O) groups is 1. The highest BCUT2D eigenvalue weighted by Crippen LogP contribution is 2.18. The number of nitrogens with zero attached hydrogens (tertiary/aromatic N) is 3. The van der Waals surface area contributed by atoms with Crippen molar-refractivity contribution in [2.75, 3.05) is 31.6 Å². The van der Waals surface area contributed by atoms with E-state index in [1.54, 1.807) is 0 Å². The molecule has 1 atom stereocenters. The summed E-state index contributed by atoms with van der Waals surface area (Å²) < 4.78 is 5.56. The molecule has 0 aliphatic carbocycles. The van der Waals surface area contributed by atoms with Crippen molar-refractivity contribution in [3.8, 4) is 11.4 Å². The van der Waals surface area contributed by atoms with Gasteiger partial charge in [0.25, 0.3) is 5.91 Å². The number of morpholine rings is 1. The van der Waals surface area contributed by atoms with Crippen LogP contribution < -0.4 is 5.32 Å². The van der Waals surface area contributed by atoms with E-state index in [2.05, 4.69) is 32.3 Å². The number of aromatic nitrogens is 3. The number of amides is 1. The molecule has 3 rings (SSSR count). The van der Waals surface area contributed by atoms with Crippen LogP contribution in [0.25, 0.3) is 11.4 Å². The zero-order valence-corrected chi connectivity index (χ0v) is 13.4. The first-order valence-electron chi connectivity index (χ1n) is 7.80. The Hall–Kier alpha value is -2.25. The molecule has 0 radical (unpaired) electrons. The second kappa shape index (κ2) is 6.89. The number of hydrogen-bond donors (Lipinski definition) is 2. The van der Waals surface area contributed by atoms with Crippen LogP contribution in [-0.4, -0.2) is 58.3 Å². The first kappa shape index (κ1) is 15.6. The summed E-state index contributed by atoms with van der Waals surface area (Å²) in [7, 11) is 0. The first-order valence-corrected chi connectivity index (χ1v) is 7.80. The number of carbonyl (C=O) groups excluding carboxylic acids is 1. The molecule has 23 heavy (non-hydrogen) atoms. The van der Waals surface area contributed by atoms with Gasteiger partial charge in [-0.25, -0.2) is 4.98 Å². The molecule has 1 saturated heterocycles. The predicted molar refractivity (Wildman–Crippen MR) is 87.0 cm³/mol. The lowest BCUT2D eigenvalue weighted by molar-refractivity contribution is -0.132. The van der Waals surface area contributed by atoms with Gasteiger partial charge in [-0.1, -0.05) is 6.92 Å². The van der Waals surface area contributed by atoms with Crippen LogP contribution in [0.2, 0.25) is 0 Å². The highest BCUT2D eigenvalue weighted by atomic mass is 16.5. The summed E-state index contributed by atoms with van der Waals surface area (Å²) in [5, 5.41) is 9.83. The normalized spacial score (nSPS) is 18.8. The number of benzene rings is 1. The molecule has 1 aliphatic rings. The first-order chi connectivity index (χ1) is 11.2. The van der Waals surface area contributed by atoms with E-state index in [4.69, 9.17) is 4.74 Å². The number of hydrogen-bond acceptors (Lipinski definition) is 5. The van der Waals surface area contributed by atoms with Gasteiger partial charge in [-0.15, -0.1) is 0 Å². The maximum atomic E-state index is 12.3. The van der Waals surface area contributed by atoms with Gasteiger partial charge in [0.15, 0.2) is 5.82 Å². The SMILES string of the molecule is CCN1CCOC(C(=O)Nc2ccc(-c3n[nH]c(C)n3)cc2)C1. The van der Waals surface area contributed by atoms with E-state index in [1.807, 2.05) is 31.2 Å². The fraction of sp³-hybridized carbons (Fsp3) is 0.438. The molecule has 1 aromatic carbocycles. The maximum Gasteiger partial charge on any atom is 0.254 e. The minimum Gasteiger partial charge on any atom is -0.366 e. The molecule has 1 fully saturated rings. The molecular weight excluding hydrogens is 294 g/mol. The van der Waals surface area contributed by atoms with Gasteiger partial charge in [0.1, 0.15) is 11.9 Å². The van der Waals surface area contributed by atoms with Gasteiger partial charge in [-0.05, 0) is 37.7 Å². The van der Waals surface area contributed by atoms with Gasteiger partial charge in [-0.3, -0.25) is 14.8 Å². The van der Waals surface area contributed by atoms with Gasteiger partial charge in [0.05, 0.1) is 6.61 Å². The Morgan fingerprint density at radius 2 is 2.22 bits per heavy atom. The van der Waals surface area contributed by atoms with Crippen molar-refractivity contribution in [2.45, 2.75) is 20.0 Å². The second-order valence-corrected chi connectivity index (χ2v) is 5.56. The molecule has 2 heterocycles. The lowest BCUT2D eigenvalue weighted by Gasteiger charge is -2.31. The van der Waals surface area contributed by atoms with Crippen LogP contribution in [-0.2, 0) is 9.53 Å². The van der Waals surface area contributed by atoms with Crippen molar-refractivity contribution in [3.05, 3.63) is 30.1 Å². The molecule has 0 saturated carbocycles. The van der Waals surface area contributed by atoms with E-state index < -0.39 is 6.10 Å². The number of ether oxygens (including phenoxy) is 1. The third-order valence-corrected chi connectivity index (χ3v) is 3.90. The van der Waals surface area contributed by atoms with Crippen molar-refractivity contribution in [3.63, 3.8) is 0 Å². The second-order valence-electron chi connectivity index (χ2n) is 5.56. The van der Waals surface area contributed by atoms with Crippen LogP contribution in [0.3, 0.4) is 0 Å². The molecule has 7 nitrogen and oxygen atoms in total. The van der Waals surface area contributed by atoms with Crippen LogP contribution >= 0.6 is 0 Å². The summed E-state index contributed by atoms with van der Waals surface area (Å²) in [4.78, 5) is 18.8. The number of anilines is 1. The molecule has 122 valence electrons. The number of H-pyrrole nitrogens is 1. The summed E-state index contributed by atoms with van der Waals surface area (Å²) in [6.45, 7) is 6.98. The van der Waals surface area contributed by atoms with E-state index in [-0.39, 0.29) is 5.91 Å². The molecule has 1 unspecified atom stereocenters. The standard InChI is InChI=1S/C16H21N5O2/c1-3-21-8-9-23-14(10-21)16(22)18-13-6-4-12(5-7-13)15-17-11(2)19-20-15/h4-7,14H,3,8-10H2,1-2H3,(H,18,22)(H,17,19,20).